The molecule has 2 heterocycles. The molecule has 0 aromatic heterocycles. The van der Waals surface area contributed by atoms with Gasteiger partial charge in [0, 0.05) is 24.3 Å². The van der Waals surface area contributed by atoms with Crippen molar-refractivity contribution in [2.45, 2.75) is 70.1 Å². The predicted octanol–water partition coefficient (Wildman–Crippen LogP) is 3.61. The number of rotatable bonds is 1. The maximum absolute atomic E-state index is 6.44. The molecule has 4 unspecified atom stereocenters. The molecule has 0 radical (unpaired) electrons. The third-order valence-corrected chi connectivity index (χ3v) is 6.38. The van der Waals surface area contributed by atoms with Crippen LogP contribution in [0.5, 0.6) is 0 Å². The van der Waals surface area contributed by atoms with Crippen LogP contribution in [0.15, 0.2) is 47.2 Å². The van der Waals surface area contributed by atoms with E-state index in [2.05, 4.69) is 54.4 Å². The third kappa shape index (κ3) is 2.68. The fraction of sp³-hybridized carbons (Fsp3) is 0.619. The molecule has 3 nitrogen and oxygen atoms in total. The van der Waals surface area contributed by atoms with Crippen molar-refractivity contribution in [1.82, 2.24) is 10.2 Å². The summed E-state index contributed by atoms with van der Waals surface area (Å²) in [5.41, 5.74) is 10.4. The van der Waals surface area contributed by atoms with Crippen LogP contribution in [0.3, 0.4) is 0 Å². The second-order valence-electron chi connectivity index (χ2n) is 8.11. The average molecular weight is 326 g/mol. The van der Waals surface area contributed by atoms with Gasteiger partial charge in [0.15, 0.2) is 0 Å². The lowest BCUT2D eigenvalue weighted by atomic mass is 9.81. The highest BCUT2D eigenvalue weighted by molar-refractivity contribution is 5.37. The average Bonchev–Trinajstić information content (AvgIpc) is 2.89. The minimum atomic E-state index is -0.0624. The van der Waals surface area contributed by atoms with Crippen molar-refractivity contribution in [2.75, 3.05) is 6.54 Å². The molecular formula is C21H31N3. The summed E-state index contributed by atoms with van der Waals surface area (Å²) in [5, 5.41) is 3.91. The number of nitrogens with two attached hydrogens (primary N) is 1. The minimum Gasteiger partial charge on any atom is -0.399 e. The maximum atomic E-state index is 6.44. The van der Waals surface area contributed by atoms with Gasteiger partial charge in [-0.25, -0.2) is 0 Å². The van der Waals surface area contributed by atoms with Crippen LogP contribution in [-0.2, 0) is 0 Å². The van der Waals surface area contributed by atoms with Crippen LogP contribution >= 0.6 is 0 Å². The molecule has 2 aliphatic carbocycles. The molecule has 4 aliphatic rings. The van der Waals surface area contributed by atoms with Gasteiger partial charge < -0.3 is 5.73 Å². The number of likely N-dealkylation sites (tertiary alicyclic amines) is 1. The Morgan fingerprint density at radius 3 is 3.00 bits per heavy atom. The zero-order chi connectivity index (χ0) is 16.7. The van der Waals surface area contributed by atoms with Crippen LogP contribution in [0, 0.1) is 5.92 Å². The standard InChI is InChI=1S/C21H31N3/c1-15-8-5-6-13-24(19-12-7-10-17(22)20(15)19)21(2)14-16-9-3-4-11-18(16)23-21/h4,7,10-11,14-15,18-19,23H,3,5-6,8-9,12-13,22H2,1-2H3. The molecule has 4 rings (SSSR count). The Morgan fingerprint density at radius 2 is 2.17 bits per heavy atom. The Hall–Kier alpha value is -1.32. The van der Waals surface area contributed by atoms with E-state index in [-0.39, 0.29) is 5.66 Å². The van der Waals surface area contributed by atoms with Crippen molar-refractivity contribution >= 4 is 0 Å². The van der Waals surface area contributed by atoms with E-state index in [1.807, 2.05) is 0 Å². The molecule has 0 saturated carbocycles. The van der Waals surface area contributed by atoms with Gasteiger partial charge in [-0.1, -0.05) is 31.6 Å². The highest BCUT2D eigenvalue weighted by atomic mass is 15.3. The van der Waals surface area contributed by atoms with Gasteiger partial charge in [-0.15, -0.1) is 0 Å². The molecular weight excluding hydrogens is 294 g/mol. The Balaban J connectivity index is 1.70. The summed E-state index contributed by atoms with van der Waals surface area (Å²) in [5.74, 6) is 0.586. The van der Waals surface area contributed by atoms with Gasteiger partial charge in [-0.05, 0) is 68.2 Å². The molecule has 2 aliphatic heterocycles. The summed E-state index contributed by atoms with van der Waals surface area (Å²) in [6.45, 7) is 5.87. The van der Waals surface area contributed by atoms with Crippen molar-refractivity contribution < 1.29 is 0 Å². The van der Waals surface area contributed by atoms with Gasteiger partial charge in [0.1, 0.15) is 0 Å². The van der Waals surface area contributed by atoms with Gasteiger partial charge in [-0.3, -0.25) is 10.2 Å². The number of fused-ring (bicyclic) bond motifs is 2. The number of allylic oxidation sites excluding steroid dienone is 2. The van der Waals surface area contributed by atoms with Crippen LogP contribution in [0.4, 0.5) is 0 Å². The molecule has 24 heavy (non-hydrogen) atoms. The molecule has 0 bridgehead atoms. The lowest BCUT2D eigenvalue weighted by Crippen LogP contribution is -2.60. The Morgan fingerprint density at radius 1 is 1.29 bits per heavy atom. The topological polar surface area (TPSA) is 41.3 Å². The molecule has 0 spiro atoms. The van der Waals surface area contributed by atoms with E-state index in [0.29, 0.717) is 18.0 Å². The summed E-state index contributed by atoms with van der Waals surface area (Å²) in [7, 11) is 0. The lowest BCUT2D eigenvalue weighted by Gasteiger charge is -2.47. The van der Waals surface area contributed by atoms with Crippen LogP contribution in [0.2, 0.25) is 0 Å². The van der Waals surface area contributed by atoms with Crippen LogP contribution in [0.25, 0.3) is 0 Å². The molecule has 4 atom stereocenters. The monoisotopic (exact) mass is 325 g/mol. The fourth-order valence-corrected chi connectivity index (χ4v) is 5.20. The quantitative estimate of drug-likeness (QED) is 0.724. The first-order valence-electron chi connectivity index (χ1n) is 9.67. The normalized spacial score (nSPS) is 39.9. The molecule has 0 amide bonds. The number of nitrogens with zero attached hydrogens (tertiary/aromatic N) is 1. The Kier molecular flexibility index (Phi) is 4.17. The predicted molar refractivity (Wildman–Crippen MR) is 100 cm³/mol. The van der Waals surface area contributed by atoms with Crippen molar-refractivity contribution in [2.24, 2.45) is 11.7 Å². The van der Waals surface area contributed by atoms with E-state index in [1.165, 1.54) is 37.7 Å². The molecule has 0 aromatic carbocycles. The Labute approximate surface area is 146 Å². The second-order valence-corrected chi connectivity index (χ2v) is 8.11. The van der Waals surface area contributed by atoms with E-state index >= 15 is 0 Å². The van der Waals surface area contributed by atoms with Gasteiger partial charge in [-0.2, -0.15) is 0 Å². The number of nitrogens with one attached hydrogen (secondary N) is 1. The van der Waals surface area contributed by atoms with Crippen LogP contribution in [0.1, 0.15) is 52.4 Å². The van der Waals surface area contributed by atoms with Gasteiger partial charge in [0.2, 0.25) is 0 Å². The summed E-state index contributed by atoms with van der Waals surface area (Å²) < 4.78 is 0. The van der Waals surface area contributed by atoms with Crippen molar-refractivity contribution in [3.05, 3.63) is 47.2 Å². The highest BCUT2D eigenvalue weighted by Gasteiger charge is 2.43. The first kappa shape index (κ1) is 16.2. The third-order valence-electron chi connectivity index (χ3n) is 6.38. The smallest absolute Gasteiger partial charge is 0.0890 e. The molecule has 1 fully saturated rings. The first-order chi connectivity index (χ1) is 11.6. The summed E-state index contributed by atoms with van der Waals surface area (Å²) in [4.78, 5) is 2.70. The molecule has 130 valence electrons. The highest BCUT2D eigenvalue weighted by Crippen LogP contribution is 2.39. The SMILES string of the molecule is CC1CCCCN(C2(C)C=C3CCC=CC3N2)C2CC=CC(N)=C12. The van der Waals surface area contributed by atoms with Crippen molar-refractivity contribution in [3.8, 4) is 0 Å². The van der Waals surface area contributed by atoms with E-state index in [4.69, 9.17) is 5.73 Å². The molecule has 3 N–H and O–H groups in total. The number of hydrogen-bond donors (Lipinski definition) is 2. The Bertz CT molecular complexity index is 627. The van der Waals surface area contributed by atoms with Crippen LogP contribution < -0.4 is 11.1 Å². The lowest BCUT2D eigenvalue weighted by molar-refractivity contribution is 0.0712. The minimum absolute atomic E-state index is 0.0624. The first-order valence-corrected chi connectivity index (χ1v) is 9.67. The van der Waals surface area contributed by atoms with Gasteiger partial charge >= 0.3 is 0 Å². The summed E-state index contributed by atoms with van der Waals surface area (Å²) in [6, 6.07) is 0.860. The zero-order valence-electron chi connectivity index (χ0n) is 15.1. The van der Waals surface area contributed by atoms with Gasteiger partial charge in [0.25, 0.3) is 0 Å². The second kappa shape index (κ2) is 6.20. The molecule has 3 heteroatoms. The largest absolute Gasteiger partial charge is 0.399 e. The van der Waals surface area contributed by atoms with E-state index in [1.54, 1.807) is 5.57 Å². The zero-order valence-corrected chi connectivity index (χ0v) is 15.1. The van der Waals surface area contributed by atoms with E-state index in [9.17, 15) is 0 Å². The van der Waals surface area contributed by atoms with E-state index < -0.39 is 0 Å². The summed E-state index contributed by atoms with van der Waals surface area (Å²) in [6.07, 6.45) is 18.9. The maximum Gasteiger partial charge on any atom is 0.0890 e. The number of hydrogen-bond acceptors (Lipinski definition) is 3. The van der Waals surface area contributed by atoms with Crippen LogP contribution in [-0.4, -0.2) is 29.2 Å². The molecule has 0 aromatic rings. The van der Waals surface area contributed by atoms with E-state index in [0.717, 1.165) is 18.7 Å². The van der Waals surface area contributed by atoms with Gasteiger partial charge in [0.05, 0.1) is 5.66 Å². The molecule has 1 saturated heterocycles. The summed E-state index contributed by atoms with van der Waals surface area (Å²) >= 11 is 0. The van der Waals surface area contributed by atoms with Crippen molar-refractivity contribution in [3.63, 3.8) is 0 Å². The van der Waals surface area contributed by atoms with Crippen molar-refractivity contribution in [1.29, 1.82) is 0 Å². The fourth-order valence-electron chi connectivity index (χ4n) is 5.20.